The summed E-state index contributed by atoms with van der Waals surface area (Å²) in [5.74, 6) is 0.788. The topological polar surface area (TPSA) is 64.9 Å². The van der Waals surface area contributed by atoms with Crippen molar-refractivity contribution < 1.29 is 4.74 Å². The fraction of sp³-hybridized carbons (Fsp3) is 0.308. The van der Waals surface area contributed by atoms with Crippen LogP contribution in [0.2, 0.25) is 0 Å². The number of nitrogens with one attached hydrogen (secondary N) is 1. The number of hydrogen-bond donors (Lipinski definition) is 1. The van der Waals surface area contributed by atoms with E-state index in [1.54, 1.807) is 23.1 Å². The molecule has 2 heterocycles. The molecule has 0 aliphatic rings. The summed E-state index contributed by atoms with van der Waals surface area (Å²) in [5.41, 5.74) is 0.976. The van der Waals surface area contributed by atoms with Gasteiger partial charge in [-0.2, -0.15) is 4.68 Å². The van der Waals surface area contributed by atoms with Crippen molar-refractivity contribution in [1.29, 1.82) is 0 Å². The van der Waals surface area contributed by atoms with Crippen LogP contribution in [0, 0.1) is 0 Å². The Bertz CT molecular complexity index is 693. The van der Waals surface area contributed by atoms with Gasteiger partial charge in [-0.3, -0.25) is 0 Å². The van der Waals surface area contributed by atoms with Crippen LogP contribution in [0.4, 0.5) is 0 Å². The summed E-state index contributed by atoms with van der Waals surface area (Å²) in [7, 11) is 1.68. The molecule has 0 saturated heterocycles. The van der Waals surface area contributed by atoms with Gasteiger partial charge < -0.3 is 10.1 Å². The number of aromatic nitrogens is 4. The van der Waals surface area contributed by atoms with Crippen LogP contribution < -0.4 is 5.32 Å². The van der Waals surface area contributed by atoms with E-state index in [0.29, 0.717) is 13.2 Å². The minimum Gasteiger partial charge on any atom is -0.383 e. The summed E-state index contributed by atoms with van der Waals surface area (Å²) < 4.78 is 8.02. The van der Waals surface area contributed by atoms with Crippen LogP contribution in [0.25, 0.3) is 15.8 Å². The van der Waals surface area contributed by atoms with Gasteiger partial charge in [0, 0.05) is 18.4 Å². The second-order valence-electron chi connectivity index (χ2n) is 4.32. The van der Waals surface area contributed by atoms with E-state index in [9.17, 15) is 0 Å². The van der Waals surface area contributed by atoms with Crippen LogP contribution in [0.5, 0.6) is 0 Å². The first kappa shape index (κ1) is 13.2. The van der Waals surface area contributed by atoms with Crippen molar-refractivity contribution in [3.8, 4) is 5.69 Å². The molecule has 0 atom stereocenters. The first-order valence-electron chi connectivity index (χ1n) is 6.33. The summed E-state index contributed by atoms with van der Waals surface area (Å²) in [6, 6.07) is 8.33. The number of hydrogen-bond acceptors (Lipinski definition) is 6. The highest BCUT2D eigenvalue weighted by Gasteiger charge is 2.08. The quantitative estimate of drug-likeness (QED) is 0.698. The number of methoxy groups -OCH3 is 1. The molecule has 0 unspecified atom stereocenters. The number of fused-ring (bicyclic) bond motifs is 1. The van der Waals surface area contributed by atoms with E-state index in [-0.39, 0.29) is 0 Å². The fourth-order valence-electron chi connectivity index (χ4n) is 1.98. The molecule has 0 spiro atoms. The fourth-order valence-corrected chi connectivity index (χ4v) is 2.75. The Morgan fingerprint density at radius 1 is 1.35 bits per heavy atom. The van der Waals surface area contributed by atoms with Crippen molar-refractivity contribution in [2.45, 2.75) is 6.54 Å². The highest BCUT2D eigenvalue weighted by molar-refractivity contribution is 7.17. The van der Waals surface area contributed by atoms with Crippen LogP contribution in [0.3, 0.4) is 0 Å². The van der Waals surface area contributed by atoms with Crippen molar-refractivity contribution in [3.63, 3.8) is 0 Å². The zero-order valence-corrected chi connectivity index (χ0v) is 11.9. The molecule has 0 aliphatic carbocycles. The van der Waals surface area contributed by atoms with Crippen LogP contribution >= 0.6 is 11.3 Å². The highest BCUT2D eigenvalue weighted by atomic mass is 32.1. The molecule has 0 aliphatic heterocycles. The first-order chi connectivity index (χ1) is 9.88. The molecular weight excluding hydrogens is 274 g/mol. The van der Waals surface area contributed by atoms with Gasteiger partial charge in [0.1, 0.15) is 0 Å². The number of nitrogens with zero attached hydrogens (tertiary/aromatic N) is 4. The lowest BCUT2D eigenvalue weighted by atomic mass is 10.2. The molecule has 0 amide bonds. The minimum absolute atomic E-state index is 0.609. The van der Waals surface area contributed by atoms with Crippen LogP contribution in [-0.4, -0.2) is 40.5 Å². The Morgan fingerprint density at radius 2 is 2.30 bits per heavy atom. The Morgan fingerprint density at radius 3 is 3.20 bits per heavy atom. The van der Waals surface area contributed by atoms with Crippen LogP contribution in [0.15, 0.2) is 29.6 Å². The maximum atomic E-state index is 5.00. The third kappa shape index (κ3) is 2.69. The number of benzene rings is 1. The minimum atomic E-state index is 0.609. The Kier molecular flexibility index (Phi) is 4.00. The van der Waals surface area contributed by atoms with Gasteiger partial charge >= 0.3 is 0 Å². The zero-order valence-electron chi connectivity index (χ0n) is 11.1. The zero-order chi connectivity index (χ0) is 13.8. The average molecular weight is 289 g/mol. The highest BCUT2D eigenvalue weighted by Crippen LogP contribution is 2.23. The van der Waals surface area contributed by atoms with E-state index in [1.807, 2.05) is 6.07 Å². The number of rotatable bonds is 6. The maximum absolute atomic E-state index is 5.00. The molecule has 7 heteroatoms. The summed E-state index contributed by atoms with van der Waals surface area (Å²) in [6.45, 7) is 2.05. The maximum Gasteiger partial charge on any atom is 0.170 e. The van der Waals surface area contributed by atoms with E-state index in [0.717, 1.165) is 18.1 Å². The molecule has 0 bridgehead atoms. The predicted octanol–water partition coefficient (Wildman–Crippen LogP) is 1.61. The standard InChI is InChI=1S/C13H15N5OS/c1-19-6-5-14-9-13-15-16-17-18(13)11-2-3-12-10(8-11)4-7-20-12/h2-4,7-8,14H,5-6,9H2,1H3. The van der Waals surface area contributed by atoms with E-state index < -0.39 is 0 Å². The Hall–Kier alpha value is -1.83. The summed E-state index contributed by atoms with van der Waals surface area (Å²) >= 11 is 1.73. The van der Waals surface area contributed by atoms with Gasteiger partial charge in [0.25, 0.3) is 0 Å². The SMILES string of the molecule is COCCNCc1nnnn1-c1ccc2sccc2c1. The van der Waals surface area contributed by atoms with Crippen LogP contribution in [0.1, 0.15) is 5.82 Å². The third-order valence-corrected chi connectivity index (χ3v) is 3.88. The van der Waals surface area contributed by atoms with E-state index in [4.69, 9.17) is 4.74 Å². The van der Waals surface area contributed by atoms with Gasteiger partial charge in [0.2, 0.25) is 0 Å². The molecule has 20 heavy (non-hydrogen) atoms. The lowest BCUT2D eigenvalue weighted by molar-refractivity contribution is 0.199. The van der Waals surface area contributed by atoms with Crippen molar-refractivity contribution in [1.82, 2.24) is 25.5 Å². The molecular formula is C13H15N5OS. The van der Waals surface area contributed by atoms with Gasteiger partial charge in [-0.25, -0.2) is 0 Å². The lowest BCUT2D eigenvalue weighted by Crippen LogP contribution is -2.21. The largest absolute Gasteiger partial charge is 0.383 e. The summed E-state index contributed by atoms with van der Waals surface area (Å²) in [5, 5.41) is 18.4. The Balaban J connectivity index is 1.80. The first-order valence-corrected chi connectivity index (χ1v) is 7.21. The molecule has 0 saturated carbocycles. The molecule has 1 N–H and O–H groups in total. The monoisotopic (exact) mass is 289 g/mol. The number of tetrazole rings is 1. The van der Waals surface area contributed by atoms with E-state index in [2.05, 4.69) is 44.4 Å². The van der Waals surface area contributed by atoms with E-state index >= 15 is 0 Å². The summed E-state index contributed by atoms with van der Waals surface area (Å²) in [6.07, 6.45) is 0. The summed E-state index contributed by atoms with van der Waals surface area (Å²) in [4.78, 5) is 0. The van der Waals surface area contributed by atoms with Gasteiger partial charge in [0.15, 0.2) is 5.82 Å². The third-order valence-electron chi connectivity index (χ3n) is 2.98. The van der Waals surface area contributed by atoms with Crippen molar-refractivity contribution >= 4 is 21.4 Å². The van der Waals surface area contributed by atoms with Gasteiger partial charge in [-0.05, 0) is 45.5 Å². The molecule has 3 rings (SSSR count). The average Bonchev–Trinajstić information content (AvgIpc) is 3.11. The second-order valence-corrected chi connectivity index (χ2v) is 5.27. The second kappa shape index (κ2) is 6.08. The number of ether oxygens (including phenoxy) is 1. The van der Waals surface area contributed by atoms with Crippen molar-refractivity contribution in [2.24, 2.45) is 0 Å². The van der Waals surface area contributed by atoms with E-state index in [1.165, 1.54) is 10.1 Å². The smallest absolute Gasteiger partial charge is 0.170 e. The van der Waals surface area contributed by atoms with Gasteiger partial charge in [0.05, 0.1) is 18.8 Å². The molecule has 0 radical (unpaired) electrons. The molecule has 6 nitrogen and oxygen atoms in total. The normalized spacial score (nSPS) is 11.2. The van der Waals surface area contributed by atoms with Crippen molar-refractivity contribution in [2.75, 3.05) is 20.3 Å². The Labute approximate surface area is 120 Å². The lowest BCUT2D eigenvalue weighted by Gasteiger charge is -2.06. The molecule has 0 fully saturated rings. The van der Waals surface area contributed by atoms with Crippen LogP contribution in [-0.2, 0) is 11.3 Å². The molecule has 1 aromatic carbocycles. The molecule has 3 aromatic rings. The van der Waals surface area contributed by atoms with Crippen molar-refractivity contribution in [3.05, 3.63) is 35.5 Å². The predicted molar refractivity (Wildman–Crippen MR) is 78.1 cm³/mol. The number of thiophene rings is 1. The molecule has 2 aromatic heterocycles. The molecule has 104 valence electrons. The van der Waals surface area contributed by atoms with Gasteiger partial charge in [-0.1, -0.05) is 0 Å². The van der Waals surface area contributed by atoms with Gasteiger partial charge in [-0.15, -0.1) is 16.4 Å².